The first-order chi connectivity index (χ1) is 14.2. The van der Waals surface area contributed by atoms with Crippen molar-refractivity contribution in [1.29, 1.82) is 0 Å². The van der Waals surface area contributed by atoms with E-state index in [0.717, 1.165) is 17.2 Å². The Balaban J connectivity index is 0.00000363. The summed E-state index contributed by atoms with van der Waals surface area (Å²) in [6, 6.07) is 0. The SMILES string of the molecule is O=P(O)(O)Nc1ncnc2c1ncn2[C@@H]1O[C@H](COP(=O)(O)OS(=O)(=O)O)[C@@H](O)[C@H]1O.[Li]. The summed E-state index contributed by atoms with van der Waals surface area (Å²) < 4.78 is 66.4. The molecule has 1 aliphatic heterocycles. The Morgan fingerprint density at radius 1 is 1.16 bits per heavy atom. The summed E-state index contributed by atoms with van der Waals surface area (Å²) in [6.45, 7) is -0.940. The summed E-state index contributed by atoms with van der Waals surface area (Å²) >= 11 is 0. The maximum absolute atomic E-state index is 11.5. The zero-order valence-electron chi connectivity index (χ0n) is 15.8. The van der Waals surface area contributed by atoms with Crippen LogP contribution < -0.4 is 5.09 Å². The summed E-state index contributed by atoms with van der Waals surface area (Å²) in [7, 11) is -15.3. The van der Waals surface area contributed by atoms with E-state index in [-0.39, 0.29) is 35.8 Å². The van der Waals surface area contributed by atoms with E-state index in [1.165, 1.54) is 0 Å². The van der Waals surface area contributed by atoms with Crippen molar-refractivity contribution in [2.45, 2.75) is 24.5 Å². The zero-order chi connectivity index (χ0) is 23.2. The minimum Gasteiger partial charge on any atom is -0.387 e. The first-order valence-electron chi connectivity index (χ1n) is 7.86. The first-order valence-corrected chi connectivity index (χ1v) is 12.3. The molecule has 0 aromatic carbocycles. The summed E-state index contributed by atoms with van der Waals surface area (Å²) in [5.41, 5.74) is -0.177. The third-order valence-corrected chi connectivity index (χ3v) is 6.30. The van der Waals surface area contributed by atoms with Gasteiger partial charge in [-0.1, -0.05) is 0 Å². The topological polar surface area (TPSA) is 273 Å². The van der Waals surface area contributed by atoms with E-state index < -0.39 is 57.1 Å². The predicted octanol–water partition coefficient (Wildman–Crippen LogP) is -2.49. The van der Waals surface area contributed by atoms with Crippen LogP contribution in [0.5, 0.6) is 0 Å². The number of phosphoric ester groups is 1. The number of aliphatic hydroxyl groups excluding tert-OH is 2. The molecule has 2 aromatic heterocycles. The molecule has 1 radical (unpaired) electrons. The Labute approximate surface area is 190 Å². The third-order valence-electron chi connectivity index (χ3n) is 3.81. The van der Waals surface area contributed by atoms with Crippen molar-refractivity contribution in [2.75, 3.05) is 11.7 Å². The van der Waals surface area contributed by atoms with Crippen molar-refractivity contribution in [3.05, 3.63) is 12.7 Å². The second-order valence-corrected chi connectivity index (χ2v) is 9.97. The molecule has 18 nitrogen and oxygen atoms in total. The number of fused-ring (bicyclic) bond motifs is 1. The van der Waals surface area contributed by atoms with Gasteiger partial charge in [0, 0.05) is 18.9 Å². The smallest absolute Gasteiger partial charge is 0.387 e. The molecule has 1 saturated heterocycles. The van der Waals surface area contributed by atoms with Crippen molar-refractivity contribution in [3.63, 3.8) is 0 Å². The summed E-state index contributed by atoms with van der Waals surface area (Å²) in [5.74, 6) is -0.325. The number of aromatic nitrogens is 4. The minimum atomic E-state index is -5.32. The van der Waals surface area contributed by atoms with Crippen LogP contribution in [-0.4, -0.2) is 101 Å². The van der Waals surface area contributed by atoms with Crippen LogP contribution in [0.2, 0.25) is 0 Å². The average molecular weight is 514 g/mol. The second kappa shape index (κ2) is 9.70. The quantitative estimate of drug-likeness (QED) is 0.109. The molecule has 0 saturated carbocycles. The van der Waals surface area contributed by atoms with Crippen molar-refractivity contribution >= 4 is 61.8 Å². The Bertz CT molecular complexity index is 1170. The normalized spacial score (nSPS) is 25.9. The number of nitrogens with zero attached hydrogens (tertiary/aromatic N) is 4. The van der Waals surface area contributed by atoms with E-state index >= 15 is 0 Å². The molecule has 175 valence electrons. The number of hydrogen-bond acceptors (Lipinski definition) is 12. The number of rotatable bonds is 8. The maximum Gasteiger partial charge on any atom is 0.488 e. The van der Waals surface area contributed by atoms with Crippen LogP contribution in [0.4, 0.5) is 5.82 Å². The molecule has 0 spiro atoms. The van der Waals surface area contributed by atoms with Crippen LogP contribution in [0.1, 0.15) is 6.23 Å². The monoisotopic (exact) mass is 514 g/mol. The van der Waals surface area contributed by atoms with Gasteiger partial charge < -0.3 is 29.6 Å². The number of phosphoric acid groups is 1. The summed E-state index contributed by atoms with van der Waals surface area (Å²) in [5, 5.41) is 22.2. The molecule has 0 bridgehead atoms. The summed E-state index contributed by atoms with van der Waals surface area (Å²) in [6.07, 6.45) is -4.25. The molecule has 0 aliphatic carbocycles. The molecule has 1 aliphatic rings. The fourth-order valence-corrected chi connectivity index (χ4v) is 4.56. The number of ether oxygens (including phenoxy) is 1. The molecule has 7 N–H and O–H groups in total. The fraction of sp³-hybridized carbons (Fsp3) is 0.500. The van der Waals surface area contributed by atoms with Gasteiger partial charge >= 0.3 is 26.0 Å². The molecule has 0 amide bonds. The molecular formula is C10H15LiN5O13P2S. The molecule has 3 heterocycles. The van der Waals surface area contributed by atoms with Crippen LogP contribution in [0.15, 0.2) is 12.7 Å². The number of nitrogens with one attached hydrogen (secondary N) is 1. The molecule has 1 unspecified atom stereocenters. The van der Waals surface area contributed by atoms with Gasteiger partial charge in [-0.15, -0.1) is 3.97 Å². The van der Waals surface area contributed by atoms with Crippen LogP contribution in [-0.2, 0) is 32.8 Å². The number of anilines is 1. The number of imidazole rings is 1. The largest absolute Gasteiger partial charge is 0.488 e. The predicted molar refractivity (Wildman–Crippen MR) is 101 cm³/mol. The molecular weight excluding hydrogens is 499 g/mol. The van der Waals surface area contributed by atoms with E-state index in [2.05, 4.69) is 23.4 Å². The van der Waals surface area contributed by atoms with Crippen molar-refractivity contribution in [1.82, 2.24) is 19.5 Å². The van der Waals surface area contributed by atoms with Crippen molar-refractivity contribution < 1.29 is 60.2 Å². The van der Waals surface area contributed by atoms with Gasteiger partial charge in [-0.2, -0.15) is 8.42 Å². The minimum absolute atomic E-state index is 0. The molecule has 2 aromatic rings. The van der Waals surface area contributed by atoms with Crippen molar-refractivity contribution in [2.24, 2.45) is 0 Å². The molecule has 3 rings (SSSR count). The van der Waals surface area contributed by atoms with Gasteiger partial charge in [0.05, 0.1) is 12.9 Å². The van der Waals surface area contributed by atoms with Crippen LogP contribution in [0.25, 0.3) is 11.2 Å². The molecule has 32 heavy (non-hydrogen) atoms. The first kappa shape index (κ1) is 27.2. The second-order valence-electron chi connectivity index (χ2n) is 6.02. The van der Waals surface area contributed by atoms with E-state index in [1.54, 1.807) is 0 Å². The van der Waals surface area contributed by atoms with Crippen LogP contribution in [0, 0.1) is 0 Å². The van der Waals surface area contributed by atoms with Gasteiger partial charge in [-0.25, -0.2) is 24.1 Å². The molecule has 22 heteroatoms. The third kappa shape index (κ3) is 6.53. The van der Waals surface area contributed by atoms with Gasteiger partial charge in [0.25, 0.3) is 0 Å². The molecule has 5 atom stereocenters. The zero-order valence-corrected chi connectivity index (χ0v) is 18.4. The number of aliphatic hydroxyl groups is 2. The standard InChI is InChI=1S/C10H15N5O13P2S.Li/c16-6-4(1-26-30(21,22)28-31(23,24)25)27-10(7(6)17)15-3-13-5-8(14-29(18,19)20)11-2-12-9(5)15;/h2-4,6-7,10,16-17H,1H2,(H,21,22)(H,23,24,25)(H3,11,12,14,18,19,20);/t4-,6-,7-,10-;/m1./s1. The Hall–Kier alpha value is -1.00. The number of hydrogen-bond donors (Lipinski definition) is 7. The Kier molecular flexibility index (Phi) is 8.26. The van der Waals surface area contributed by atoms with Gasteiger partial charge in [0.2, 0.25) is 0 Å². The van der Waals surface area contributed by atoms with Gasteiger partial charge in [0.1, 0.15) is 24.6 Å². The molecule has 1 fully saturated rings. The van der Waals surface area contributed by atoms with Gasteiger partial charge in [-0.05, 0) is 0 Å². The van der Waals surface area contributed by atoms with Crippen LogP contribution >= 0.6 is 15.6 Å². The van der Waals surface area contributed by atoms with E-state index in [4.69, 9.17) is 19.1 Å². The maximum atomic E-state index is 11.5. The average Bonchev–Trinajstić information content (AvgIpc) is 3.13. The van der Waals surface area contributed by atoms with E-state index in [1.807, 2.05) is 5.09 Å². The summed E-state index contributed by atoms with van der Waals surface area (Å²) in [4.78, 5) is 38.8. The fourth-order valence-electron chi connectivity index (χ4n) is 2.66. The van der Waals surface area contributed by atoms with Gasteiger partial charge in [0.15, 0.2) is 23.2 Å². The van der Waals surface area contributed by atoms with Crippen LogP contribution in [0.3, 0.4) is 0 Å². The van der Waals surface area contributed by atoms with E-state index in [0.29, 0.717) is 0 Å². The Morgan fingerprint density at radius 2 is 1.81 bits per heavy atom. The van der Waals surface area contributed by atoms with E-state index in [9.17, 15) is 32.7 Å². The van der Waals surface area contributed by atoms with Crippen molar-refractivity contribution in [3.8, 4) is 0 Å². The Morgan fingerprint density at radius 3 is 2.41 bits per heavy atom. The van der Waals surface area contributed by atoms with Gasteiger partial charge in [-0.3, -0.25) is 18.7 Å².